The fraction of sp³-hybridized carbons (Fsp3) is 0.400. The van der Waals surface area contributed by atoms with Crippen molar-refractivity contribution in [1.29, 1.82) is 0 Å². The molecule has 1 nitrogen and oxygen atoms in total. The van der Waals surface area contributed by atoms with E-state index in [1.807, 2.05) is 24.3 Å². The Morgan fingerprint density at radius 1 is 0.957 bits per heavy atom. The van der Waals surface area contributed by atoms with Crippen LogP contribution < -0.4 is 5.73 Å². The molecule has 0 aliphatic heterocycles. The summed E-state index contributed by atoms with van der Waals surface area (Å²) in [6.45, 7) is 3.71. The third-order valence-corrected chi connectivity index (χ3v) is 4.24. The molecule has 2 aromatic carbocycles. The number of hydrogen-bond acceptors (Lipinski definition) is 1. The van der Waals surface area contributed by atoms with Crippen molar-refractivity contribution >= 4 is 0 Å². The van der Waals surface area contributed by atoms with Gasteiger partial charge in [-0.2, -0.15) is 0 Å². The zero-order valence-electron chi connectivity index (χ0n) is 13.9. The van der Waals surface area contributed by atoms with E-state index in [2.05, 4.69) is 6.92 Å². The van der Waals surface area contributed by atoms with Crippen molar-refractivity contribution in [2.45, 2.75) is 52.0 Å². The summed E-state index contributed by atoms with van der Waals surface area (Å²) < 4.78 is 27.7. The Morgan fingerprint density at radius 3 is 2.30 bits per heavy atom. The van der Waals surface area contributed by atoms with Gasteiger partial charge in [-0.3, -0.25) is 0 Å². The Morgan fingerprint density at radius 2 is 1.65 bits per heavy atom. The highest BCUT2D eigenvalue weighted by Crippen LogP contribution is 2.26. The summed E-state index contributed by atoms with van der Waals surface area (Å²) in [5.41, 5.74) is 8.55. The summed E-state index contributed by atoms with van der Waals surface area (Å²) in [7, 11) is 0. The number of nitrogens with two attached hydrogens (primary N) is 1. The van der Waals surface area contributed by atoms with Gasteiger partial charge in [-0.05, 0) is 49.3 Å². The lowest BCUT2D eigenvalue weighted by atomic mass is 9.99. The van der Waals surface area contributed by atoms with Gasteiger partial charge in [0.05, 0.1) is 0 Å². The minimum absolute atomic E-state index is 0.281. The van der Waals surface area contributed by atoms with Gasteiger partial charge in [-0.15, -0.1) is 0 Å². The minimum atomic E-state index is -0.775. The highest BCUT2D eigenvalue weighted by molar-refractivity contribution is 5.65. The molecule has 1 atom stereocenters. The molecule has 0 radical (unpaired) electrons. The van der Waals surface area contributed by atoms with Gasteiger partial charge < -0.3 is 5.73 Å². The summed E-state index contributed by atoms with van der Waals surface area (Å²) in [4.78, 5) is 0. The first-order valence-corrected chi connectivity index (χ1v) is 8.32. The van der Waals surface area contributed by atoms with Crippen LogP contribution in [0.15, 0.2) is 36.4 Å². The molecule has 0 heterocycles. The number of benzene rings is 2. The topological polar surface area (TPSA) is 26.0 Å². The van der Waals surface area contributed by atoms with Gasteiger partial charge in [0.1, 0.15) is 0 Å². The summed E-state index contributed by atoms with van der Waals surface area (Å²) in [5, 5.41) is 0. The molecular weight excluding hydrogens is 292 g/mol. The van der Waals surface area contributed by atoms with Crippen LogP contribution in [0.2, 0.25) is 0 Å². The largest absolute Gasteiger partial charge is 0.328 e. The van der Waals surface area contributed by atoms with E-state index < -0.39 is 11.6 Å². The lowest BCUT2D eigenvalue weighted by Crippen LogP contribution is -2.19. The molecule has 2 aromatic rings. The second-order valence-corrected chi connectivity index (χ2v) is 6.20. The monoisotopic (exact) mass is 317 g/mol. The Kier molecular flexibility index (Phi) is 6.28. The normalized spacial score (nSPS) is 12.4. The molecule has 124 valence electrons. The van der Waals surface area contributed by atoms with Gasteiger partial charge in [0.2, 0.25) is 0 Å². The van der Waals surface area contributed by atoms with Crippen molar-refractivity contribution < 1.29 is 8.78 Å². The zero-order chi connectivity index (χ0) is 16.8. The van der Waals surface area contributed by atoms with Crippen LogP contribution in [0.5, 0.6) is 0 Å². The van der Waals surface area contributed by atoms with E-state index in [-0.39, 0.29) is 6.04 Å². The quantitative estimate of drug-likeness (QED) is 0.728. The fourth-order valence-electron chi connectivity index (χ4n) is 2.80. The van der Waals surface area contributed by atoms with Gasteiger partial charge >= 0.3 is 0 Å². The molecule has 3 heteroatoms. The average Bonchev–Trinajstić information content (AvgIpc) is 2.54. The van der Waals surface area contributed by atoms with E-state index in [4.69, 9.17) is 5.73 Å². The van der Waals surface area contributed by atoms with Crippen molar-refractivity contribution in [3.63, 3.8) is 0 Å². The lowest BCUT2D eigenvalue weighted by molar-refractivity contribution is 0.505. The average molecular weight is 317 g/mol. The van der Waals surface area contributed by atoms with Crippen LogP contribution in [-0.4, -0.2) is 6.04 Å². The van der Waals surface area contributed by atoms with Gasteiger partial charge in [0, 0.05) is 11.6 Å². The highest BCUT2D eigenvalue weighted by atomic mass is 19.2. The maximum absolute atomic E-state index is 14.0. The van der Waals surface area contributed by atoms with Crippen LogP contribution in [0, 0.1) is 18.6 Å². The molecule has 0 fully saturated rings. The molecule has 2 rings (SSSR count). The number of aryl methyl sites for hydroxylation is 2. The van der Waals surface area contributed by atoms with E-state index in [0.29, 0.717) is 16.7 Å². The Hall–Kier alpha value is -1.74. The molecule has 0 aliphatic rings. The number of halogens is 2. The molecule has 0 saturated heterocycles. The number of rotatable bonds is 7. The van der Waals surface area contributed by atoms with E-state index >= 15 is 0 Å². The molecule has 0 aliphatic carbocycles. The molecule has 1 unspecified atom stereocenters. The van der Waals surface area contributed by atoms with Crippen LogP contribution in [0.4, 0.5) is 8.78 Å². The first-order valence-electron chi connectivity index (χ1n) is 8.32. The minimum Gasteiger partial charge on any atom is -0.328 e. The molecule has 2 N–H and O–H groups in total. The van der Waals surface area contributed by atoms with E-state index in [1.165, 1.54) is 5.56 Å². The van der Waals surface area contributed by atoms with E-state index in [9.17, 15) is 8.78 Å². The van der Waals surface area contributed by atoms with Crippen molar-refractivity contribution in [3.8, 4) is 11.1 Å². The Labute approximate surface area is 137 Å². The SMILES string of the molecule is CCCC(N)CCCc1ccc(-c2ccc(C)c(F)c2F)cc1. The standard InChI is InChI=1S/C20H25F2N/c1-3-5-17(23)7-4-6-15-9-11-16(12-10-15)18-13-8-14(2)19(21)20(18)22/h8-13,17H,3-7,23H2,1-2H3. The predicted molar refractivity (Wildman–Crippen MR) is 92.4 cm³/mol. The first-order chi connectivity index (χ1) is 11.0. The van der Waals surface area contributed by atoms with Gasteiger partial charge in [-0.1, -0.05) is 49.7 Å². The Bertz CT molecular complexity index is 635. The molecule has 0 amide bonds. The summed E-state index contributed by atoms with van der Waals surface area (Å²) in [6.07, 6.45) is 5.22. The number of hydrogen-bond donors (Lipinski definition) is 1. The van der Waals surface area contributed by atoms with Crippen molar-refractivity contribution in [2.75, 3.05) is 0 Å². The predicted octanol–water partition coefficient (Wildman–Crippen LogP) is 5.39. The third-order valence-electron chi connectivity index (χ3n) is 4.24. The fourth-order valence-corrected chi connectivity index (χ4v) is 2.80. The van der Waals surface area contributed by atoms with Crippen LogP contribution >= 0.6 is 0 Å². The highest BCUT2D eigenvalue weighted by Gasteiger charge is 2.12. The van der Waals surface area contributed by atoms with Crippen molar-refractivity contribution in [3.05, 3.63) is 59.2 Å². The van der Waals surface area contributed by atoms with Crippen LogP contribution in [-0.2, 0) is 6.42 Å². The van der Waals surface area contributed by atoms with E-state index in [1.54, 1.807) is 19.1 Å². The van der Waals surface area contributed by atoms with Crippen molar-refractivity contribution in [2.24, 2.45) is 5.73 Å². The smallest absolute Gasteiger partial charge is 0.166 e. The molecular formula is C20H25F2N. The van der Waals surface area contributed by atoms with Gasteiger partial charge in [0.15, 0.2) is 11.6 Å². The lowest BCUT2D eigenvalue weighted by Gasteiger charge is -2.10. The van der Waals surface area contributed by atoms with Crippen LogP contribution in [0.3, 0.4) is 0 Å². The summed E-state index contributed by atoms with van der Waals surface area (Å²) in [5.74, 6) is -1.54. The summed E-state index contributed by atoms with van der Waals surface area (Å²) in [6, 6.07) is 11.2. The van der Waals surface area contributed by atoms with Crippen LogP contribution in [0.1, 0.15) is 43.7 Å². The Balaban J connectivity index is 2.01. The summed E-state index contributed by atoms with van der Waals surface area (Å²) >= 11 is 0. The molecule has 23 heavy (non-hydrogen) atoms. The molecule has 0 spiro atoms. The second-order valence-electron chi connectivity index (χ2n) is 6.20. The molecule has 0 aromatic heterocycles. The van der Waals surface area contributed by atoms with Crippen LogP contribution in [0.25, 0.3) is 11.1 Å². The third kappa shape index (κ3) is 4.61. The zero-order valence-corrected chi connectivity index (χ0v) is 13.9. The van der Waals surface area contributed by atoms with Gasteiger partial charge in [-0.25, -0.2) is 8.78 Å². The molecule has 0 bridgehead atoms. The molecule has 0 saturated carbocycles. The maximum Gasteiger partial charge on any atom is 0.166 e. The second kappa shape index (κ2) is 8.21. The van der Waals surface area contributed by atoms with E-state index in [0.717, 1.165) is 32.1 Å². The van der Waals surface area contributed by atoms with Crippen molar-refractivity contribution in [1.82, 2.24) is 0 Å². The van der Waals surface area contributed by atoms with Gasteiger partial charge in [0.25, 0.3) is 0 Å². The first kappa shape index (κ1) is 17.6. The maximum atomic E-state index is 14.0.